The number of aldehydes is 1. The van der Waals surface area contributed by atoms with Crippen LogP contribution < -0.4 is 0 Å². The van der Waals surface area contributed by atoms with Crippen LogP contribution in [0.5, 0.6) is 0 Å². The van der Waals surface area contributed by atoms with Crippen molar-refractivity contribution in [2.45, 2.75) is 24.8 Å². The molecule has 0 aliphatic rings. The molecule has 0 atom stereocenters. The van der Waals surface area contributed by atoms with Gasteiger partial charge in [-0.15, -0.1) is 0 Å². The van der Waals surface area contributed by atoms with E-state index in [2.05, 4.69) is 88.5 Å². The van der Waals surface area contributed by atoms with Crippen LogP contribution in [-0.2, 0) is 16.8 Å². The lowest BCUT2D eigenvalue weighted by molar-refractivity contribution is -0.107. The number of imidazole rings is 1. The van der Waals surface area contributed by atoms with Crippen LogP contribution in [0, 0.1) is 0 Å². The quantitative estimate of drug-likeness (QED) is 0.238. The molecule has 4 aromatic rings. The molecule has 0 saturated heterocycles. The molecule has 4 rings (SSSR count). The monoisotopic (exact) mass is 380 g/mol. The van der Waals surface area contributed by atoms with Gasteiger partial charge in [0.1, 0.15) is 11.8 Å². The van der Waals surface area contributed by atoms with E-state index in [0.29, 0.717) is 6.42 Å². The fourth-order valence-corrected chi connectivity index (χ4v) is 4.03. The summed E-state index contributed by atoms with van der Waals surface area (Å²) >= 11 is 0. The lowest BCUT2D eigenvalue weighted by atomic mass is 9.77. The summed E-state index contributed by atoms with van der Waals surface area (Å²) in [5.41, 5.74) is 4.00. The molecular formula is C26H24N2O. The van der Waals surface area contributed by atoms with Crippen molar-refractivity contribution in [3.63, 3.8) is 0 Å². The number of carbonyl (C=O) groups excluding carboxylic acids is 1. The number of aromatic nitrogens is 2. The molecule has 0 radical (unpaired) electrons. The van der Waals surface area contributed by atoms with Crippen molar-refractivity contribution in [3.8, 4) is 0 Å². The van der Waals surface area contributed by atoms with Gasteiger partial charge in [0.25, 0.3) is 0 Å². The van der Waals surface area contributed by atoms with E-state index in [1.54, 1.807) is 0 Å². The minimum atomic E-state index is -0.528. The Bertz CT molecular complexity index is 943. The van der Waals surface area contributed by atoms with Gasteiger partial charge >= 0.3 is 0 Å². The molecule has 0 aliphatic carbocycles. The zero-order valence-electron chi connectivity index (χ0n) is 16.3. The average Bonchev–Trinajstić information content (AvgIpc) is 3.26. The summed E-state index contributed by atoms with van der Waals surface area (Å²) < 4.78 is 2.21. The molecule has 3 aromatic carbocycles. The summed E-state index contributed by atoms with van der Waals surface area (Å²) in [4.78, 5) is 15.4. The van der Waals surface area contributed by atoms with Crippen LogP contribution in [0.25, 0.3) is 0 Å². The smallest absolute Gasteiger partial charge is 0.121 e. The molecule has 0 bridgehead atoms. The molecule has 29 heavy (non-hydrogen) atoms. The summed E-state index contributed by atoms with van der Waals surface area (Å²) in [6.07, 6.45) is 7.18. The molecular weight excluding hydrogens is 356 g/mol. The number of benzene rings is 3. The second-order valence-corrected chi connectivity index (χ2v) is 7.14. The van der Waals surface area contributed by atoms with Crippen molar-refractivity contribution in [3.05, 3.63) is 126 Å². The molecule has 1 aromatic heterocycles. The van der Waals surface area contributed by atoms with Crippen LogP contribution in [-0.4, -0.2) is 15.8 Å². The third-order valence-electron chi connectivity index (χ3n) is 5.35. The number of carbonyl (C=O) groups is 1. The standard InChI is InChI=1S/C26H24N2O/c29-19-11-10-18-25-20-28(21-27-25)26(22-12-4-1-5-13-22,23-14-6-2-7-15-23)24-16-8-3-9-17-24/h1-9,12-17,19-21H,10-11,18H2. The first-order valence-corrected chi connectivity index (χ1v) is 9.99. The third-order valence-corrected chi connectivity index (χ3v) is 5.35. The Morgan fingerprint density at radius 3 is 1.69 bits per heavy atom. The normalized spacial score (nSPS) is 11.3. The van der Waals surface area contributed by atoms with Crippen LogP contribution in [0.4, 0.5) is 0 Å². The molecule has 1 heterocycles. The molecule has 0 N–H and O–H groups in total. The minimum Gasteiger partial charge on any atom is -0.319 e. The minimum absolute atomic E-state index is 0.528. The van der Waals surface area contributed by atoms with Crippen molar-refractivity contribution >= 4 is 6.29 Å². The number of hydrogen-bond donors (Lipinski definition) is 0. The Balaban J connectivity index is 1.95. The molecule has 0 fully saturated rings. The zero-order valence-corrected chi connectivity index (χ0v) is 16.3. The van der Waals surface area contributed by atoms with Crippen molar-refractivity contribution in [1.82, 2.24) is 9.55 Å². The van der Waals surface area contributed by atoms with Gasteiger partial charge in [0.2, 0.25) is 0 Å². The van der Waals surface area contributed by atoms with E-state index in [1.165, 1.54) is 16.7 Å². The van der Waals surface area contributed by atoms with E-state index >= 15 is 0 Å². The van der Waals surface area contributed by atoms with Gasteiger partial charge in [-0.3, -0.25) is 0 Å². The summed E-state index contributed by atoms with van der Waals surface area (Å²) in [6, 6.07) is 31.7. The van der Waals surface area contributed by atoms with Crippen LogP contribution in [0.15, 0.2) is 104 Å². The first kappa shape index (κ1) is 18.9. The predicted octanol–water partition coefficient (Wildman–Crippen LogP) is 5.24. The zero-order chi connectivity index (χ0) is 19.9. The molecule has 0 spiro atoms. The Morgan fingerprint density at radius 2 is 1.24 bits per heavy atom. The highest BCUT2D eigenvalue weighted by atomic mass is 16.1. The lowest BCUT2D eigenvalue weighted by Gasteiger charge is -2.37. The van der Waals surface area contributed by atoms with E-state index in [9.17, 15) is 4.79 Å². The van der Waals surface area contributed by atoms with Crippen molar-refractivity contribution < 1.29 is 4.79 Å². The first-order chi connectivity index (χ1) is 14.4. The van der Waals surface area contributed by atoms with Crippen molar-refractivity contribution in [1.29, 1.82) is 0 Å². The Kier molecular flexibility index (Phi) is 5.66. The highest BCUT2D eigenvalue weighted by Gasteiger charge is 2.38. The largest absolute Gasteiger partial charge is 0.319 e. The molecule has 144 valence electrons. The van der Waals surface area contributed by atoms with E-state index in [4.69, 9.17) is 0 Å². The van der Waals surface area contributed by atoms with Gasteiger partial charge in [-0.1, -0.05) is 91.0 Å². The second-order valence-electron chi connectivity index (χ2n) is 7.14. The Labute approximate surface area is 171 Å². The maximum absolute atomic E-state index is 10.7. The topological polar surface area (TPSA) is 34.9 Å². The van der Waals surface area contributed by atoms with Gasteiger partial charge in [-0.25, -0.2) is 4.98 Å². The first-order valence-electron chi connectivity index (χ1n) is 9.99. The Morgan fingerprint density at radius 1 is 0.759 bits per heavy atom. The van der Waals surface area contributed by atoms with Crippen molar-refractivity contribution in [2.75, 3.05) is 0 Å². The van der Waals surface area contributed by atoms with Gasteiger partial charge in [0.15, 0.2) is 0 Å². The maximum Gasteiger partial charge on any atom is 0.121 e. The fraction of sp³-hybridized carbons (Fsp3) is 0.154. The second kappa shape index (κ2) is 8.70. The average molecular weight is 380 g/mol. The van der Waals surface area contributed by atoms with E-state index in [0.717, 1.165) is 24.8 Å². The number of nitrogens with zero attached hydrogens (tertiary/aromatic N) is 2. The van der Waals surface area contributed by atoms with Crippen LogP contribution in [0.2, 0.25) is 0 Å². The number of rotatable bonds is 8. The van der Waals surface area contributed by atoms with Crippen LogP contribution >= 0.6 is 0 Å². The summed E-state index contributed by atoms with van der Waals surface area (Å²) in [5.74, 6) is 0. The molecule has 0 unspecified atom stereocenters. The maximum atomic E-state index is 10.7. The van der Waals surface area contributed by atoms with Gasteiger partial charge < -0.3 is 9.36 Å². The number of unbranched alkanes of at least 4 members (excludes halogenated alkanes) is 1. The van der Waals surface area contributed by atoms with Gasteiger partial charge in [0, 0.05) is 12.6 Å². The molecule has 3 nitrogen and oxygen atoms in total. The summed E-state index contributed by atoms with van der Waals surface area (Å²) in [5, 5.41) is 0. The van der Waals surface area contributed by atoms with Gasteiger partial charge in [-0.05, 0) is 29.5 Å². The highest BCUT2D eigenvalue weighted by molar-refractivity contribution is 5.51. The van der Waals surface area contributed by atoms with E-state index in [-0.39, 0.29) is 0 Å². The van der Waals surface area contributed by atoms with Gasteiger partial charge in [-0.2, -0.15) is 0 Å². The van der Waals surface area contributed by atoms with Crippen LogP contribution in [0.1, 0.15) is 35.2 Å². The highest BCUT2D eigenvalue weighted by Crippen LogP contribution is 2.40. The summed E-state index contributed by atoms with van der Waals surface area (Å²) in [7, 11) is 0. The van der Waals surface area contributed by atoms with E-state index < -0.39 is 5.54 Å². The SMILES string of the molecule is O=CCCCc1cn(C(c2ccccc2)(c2ccccc2)c2ccccc2)cn1. The molecule has 0 saturated carbocycles. The van der Waals surface area contributed by atoms with Gasteiger partial charge in [0.05, 0.1) is 12.0 Å². The lowest BCUT2D eigenvalue weighted by Crippen LogP contribution is -2.36. The van der Waals surface area contributed by atoms with Crippen molar-refractivity contribution in [2.24, 2.45) is 0 Å². The fourth-order valence-electron chi connectivity index (χ4n) is 4.03. The Hall–Kier alpha value is -3.46. The molecule has 3 heteroatoms. The van der Waals surface area contributed by atoms with Crippen LogP contribution in [0.3, 0.4) is 0 Å². The molecule has 0 amide bonds. The predicted molar refractivity (Wildman–Crippen MR) is 116 cm³/mol. The van der Waals surface area contributed by atoms with E-state index in [1.807, 2.05) is 24.5 Å². The number of aryl methyl sites for hydroxylation is 1. The molecule has 0 aliphatic heterocycles. The third kappa shape index (κ3) is 3.64. The summed E-state index contributed by atoms with van der Waals surface area (Å²) in [6.45, 7) is 0. The number of hydrogen-bond acceptors (Lipinski definition) is 2.